The molecule has 1 aliphatic carbocycles. The molecular weight excluding hydrogens is 400 g/mol. The number of benzene rings is 1. The SMILES string of the molecule is CNc1cc(C2CCN(CC3CCN(C(=O)OC4CCCCC4)CC3)CC2)ccc1C=N. The number of hydrogen-bond donors (Lipinski definition) is 2. The van der Waals surface area contributed by atoms with Crippen LogP contribution in [0.1, 0.15) is 74.8 Å². The molecule has 176 valence electrons. The van der Waals surface area contributed by atoms with Gasteiger partial charge in [-0.05, 0) is 87.9 Å². The number of amides is 1. The zero-order chi connectivity index (χ0) is 22.3. The summed E-state index contributed by atoms with van der Waals surface area (Å²) in [5, 5.41) is 10.8. The molecule has 1 amide bonds. The van der Waals surface area contributed by atoms with E-state index in [2.05, 4.69) is 28.4 Å². The first-order chi connectivity index (χ1) is 15.7. The second kappa shape index (κ2) is 11.2. The summed E-state index contributed by atoms with van der Waals surface area (Å²) in [5.74, 6) is 1.29. The molecule has 6 nitrogen and oxygen atoms in total. The van der Waals surface area contributed by atoms with Crippen molar-refractivity contribution in [3.05, 3.63) is 29.3 Å². The molecule has 3 aliphatic rings. The molecule has 6 heteroatoms. The van der Waals surface area contributed by atoms with Crippen LogP contribution in [0.3, 0.4) is 0 Å². The summed E-state index contributed by atoms with van der Waals surface area (Å²) in [7, 11) is 1.93. The molecular formula is C26H40N4O2. The van der Waals surface area contributed by atoms with Crippen molar-refractivity contribution in [3.63, 3.8) is 0 Å². The van der Waals surface area contributed by atoms with E-state index in [9.17, 15) is 4.79 Å². The molecule has 2 aliphatic heterocycles. The maximum atomic E-state index is 12.5. The zero-order valence-corrected chi connectivity index (χ0v) is 19.7. The summed E-state index contributed by atoms with van der Waals surface area (Å²) in [6.07, 6.45) is 11.8. The van der Waals surface area contributed by atoms with Crippen molar-refractivity contribution in [1.29, 1.82) is 5.41 Å². The molecule has 1 aromatic carbocycles. The molecule has 2 saturated heterocycles. The van der Waals surface area contributed by atoms with Crippen molar-refractivity contribution >= 4 is 18.0 Å². The molecule has 0 atom stereocenters. The number of carbonyl (C=O) groups excluding carboxylic acids is 1. The van der Waals surface area contributed by atoms with Gasteiger partial charge in [-0.2, -0.15) is 0 Å². The fourth-order valence-corrected chi connectivity index (χ4v) is 5.68. The van der Waals surface area contributed by atoms with Gasteiger partial charge in [0.25, 0.3) is 0 Å². The maximum Gasteiger partial charge on any atom is 0.410 e. The molecule has 2 heterocycles. The van der Waals surface area contributed by atoms with E-state index in [-0.39, 0.29) is 12.2 Å². The summed E-state index contributed by atoms with van der Waals surface area (Å²) in [4.78, 5) is 17.1. The lowest BCUT2D eigenvalue weighted by Gasteiger charge is -2.38. The number of nitrogens with zero attached hydrogens (tertiary/aromatic N) is 2. The highest BCUT2D eigenvalue weighted by atomic mass is 16.6. The van der Waals surface area contributed by atoms with Crippen LogP contribution < -0.4 is 5.32 Å². The number of carbonyl (C=O) groups is 1. The highest BCUT2D eigenvalue weighted by Gasteiger charge is 2.29. The Balaban J connectivity index is 1.18. The molecule has 2 N–H and O–H groups in total. The molecule has 0 bridgehead atoms. The van der Waals surface area contributed by atoms with Crippen LogP contribution in [0.2, 0.25) is 0 Å². The van der Waals surface area contributed by atoms with Crippen molar-refractivity contribution in [2.45, 2.75) is 69.8 Å². The van der Waals surface area contributed by atoms with Crippen molar-refractivity contribution in [2.75, 3.05) is 45.1 Å². The molecule has 1 aromatic rings. The van der Waals surface area contributed by atoms with Crippen LogP contribution in [0.5, 0.6) is 0 Å². The van der Waals surface area contributed by atoms with Gasteiger partial charge in [0.15, 0.2) is 0 Å². The monoisotopic (exact) mass is 440 g/mol. The molecule has 1 saturated carbocycles. The first-order valence-corrected chi connectivity index (χ1v) is 12.7. The van der Waals surface area contributed by atoms with Crippen LogP contribution in [0.4, 0.5) is 10.5 Å². The lowest BCUT2D eigenvalue weighted by molar-refractivity contribution is 0.0353. The standard InChI is InChI=1S/C26H40N4O2/c1-28-25-17-22(7-8-23(25)18-27)21-11-13-29(14-12-21)19-20-9-15-30(16-10-20)26(31)32-24-5-3-2-4-6-24/h7-8,17-18,20-21,24,27-28H,2-6,9-16,19H2,1H3. The van der Waals surface area contributed by atoms with Gasteiger partial charge >= 0.3 is 6.09 Å². The molecule has 32 heavy (non-hydrogen) atoms. The van der Waals surface area contributed by atoms with Crippen LogP contribution in [-0.2, 0) is 4.74 Å². The number of hydrogen-bond acceptors (Lipinski definition) is 5. The minimum Gasteiger partial charge on any atom is -0.446 e. The molecule has 0 aromatic heterocycles. The molecule has 4 rings (SSSR count). The minimum atomic E-state index is -0.0777. The normalized spacial score (nSPS) is 22.0. The average Bonchev–Trinajstić information content (AvgIpc) is 2.85. The lowest BCUT2D eigenvalue weighted by Crippen LogP contribution is -2.44. The van der Waals surface area contributed by atoms with Crippen molar-refractivity contribution in [3.8, 4) is 0 Å². The van der Waals surface area contributed by atoms with E-state index in [0.29, 0.717) is 11.8 Å². The van der Waals surface area contributed by atoms with Gasteiger partial charge in [0.2, 0.25) is 0 Å². The van der Waals surface area contributed by atoms with Gasteiger partial charge in [-0.15, -0.1) is 0 Å². The van der Waals surface area contributed by atoms with Gasteiger partial charge in [0, 0.05) is 44.1 Å². The van der Waals surface area contributed by atoms with Crippen LogP contribution in [0.25, 0.3) is 0 Å². The number of rotatable bonds is 6. The van der Waals surface area contributed by atoms with Crippen molar-refractivity contribution < 1.29 is 9.53 Å². The van der Waals surface area contributed by atoms with E-state index in [1.807, 2.05) is 11.9 Å². The Morgan fingerprint density at radius 1 is 1.06 bits per heavy atom. The Kier molecular flexibility index (Phi) is 8.06. The smallest absolute Gasteiger partial charge is 0.410 e. The van der Waals surface area contributed by atoms with Crippen molar-refractivity contribution in [2.24, 2.45) is 5.92 Å². The fourth-order valence-electron chi connectivity index (χ4n) is 5.68. The van der Waals surface area contributed by atoms with Crippen LogP contribution in [0.15, 0.2) is 18.2 Å². The summed E-state index contributed by atoms with van der Waals surface area (Å²) in [5.41, 5.74) is 3.39. The van der Waals surface area contributed by atoms with Crippen LogP contribution in [0, 0.1) is 11.3 Å². The quantitative estimate of drug-likeness (QED) is 0.605. The van der Waals surface area contributed by atoms with Gasteiger partial charge in [-0.25, -0.2) is 4.79 Å². The van der Waals surface area contributed by atoms with Gasteiger partial charge in [0.05, 0.1) is 0 Å². The summed E-state index contributed by atoms with van der Waals surface area (Å²) in [6, 6.07) is 6.49. The third-order valence-corrected chi connectivity index (χ3v) is 7.77. The predicted octanol–water partition coefficient (Wildman–Crippen LogP) is 5.09. The number of piperidine rings is 2. The van der Waals surface area contributed by atoms with Gasteiger partial charge < -0.3 is 25.3 Å². The Labute approximate surface area is 193 Å². The lowest BCUT2D eigenvalue weighted by atomic mass is 9.87. The number of anilines is 1. The number of nitrogens with one attached hydrogen (secondary N) is 2. The highest BCUT2D eigenvalue weighted by molar-refractivity contribution is 5.85. The Morgan fingerprint density at radius 2 is 1.78 bits per heavy atom. The average molecular weight is 441 g/mol. The van der Waals surface area contributed by atoms with E-state index in [1.165, 1.54) is 43.9 Å². The fraction of sp³-hybridized carbons (Fsp3) is 0.692. The maximum absolute atomic E-state index is 12.5. The molecule has 0 spiro atoms. The first kappa shape index (κ1) is 23.1. The van der Waals surface area contributed by atoms with Crippen LogP contribution >= 0.6 is 0 Å². The van der Waals surface area contributed by atoms with Gasteiger partial charge in [-0.1, -0.05) is 18.6 Å². The van der Waals surface area contributed by atoms with E-state index < -0.39 is 0 Å². The van der Waals surface area contributed by atoms with Crippen molar-refractivity contribution in [1.82, 2.24) is 9.80 Å². The third kappa shape index (κ3) is 5.83. The summed E-state index contributed by atoms with van der Waals surface area (Å²) >= 11 is 0. The Hall–Kier alpha value is -2.08. The Bertz CT molecular complexity index is 761. The second-order valence-electron chi connectivity index (χ2n) is 9.89. The Morgan fingerprint density at radius 3 is 2.44 bits per heavy atom. The topological polar surface area (TPSA) is 68.7 Å². The predicted molar refractivity (Wildman–Crippen MR) is 130 cm³/mol. The first-order valence-electron chi connectivity index (χ1n) is 12.7. The van der Waals surface area contributed by atoms with E-state index in [0.717, 1.165) is 69.7 Å². The largest absolute Gasteiger partial charge is 0.446 e. The van der Waals surface area contributed by atoms with Crippen LogP contribution in [-0.4, -0.2) is 68.0 Å². The third-order valence-electron chi connectivity index (χ3n) is 7.77. The molecule has 0 unspecified atom stereocenters. The van der Waals surface area contributed by atoms with E-state index in [4.69, 9.17) is 10.1 Å². The minimum absolute atomic E-state index is 0.0777. The van der Waals surface area contributed by atoms with E-state index >= 15 is 0 Å². The van der Waals surface area contributed by atoms with Gasteiger partial charge in [-0.3, -0.25) is 0 Å². The second-order valence-corrected chi connectivity index (χ2v) is 9.89. The zero-order valence-electron chi connectivity index (χ0n) is 19.7. The molecule has 0 radical (unpaired) electrons. The summed E-state index contributed by atoms with van der Waals surface area (Å²) in [6.45, 7) is 5.15. The number of ether oxygens (including phenoxy) is 1. The highest BCUT2D eigenvalue weighted by Crippen LogP contribution is 2.31. The van der Waals surface area contributed by atoms with E-state index in [1.54, 1.807) is 0 Å². The molecule has 3 fully saturated rings. The summed E-state index contributed by atoms with van der Waals surface area (Å²) < 4.78 is 5.76. The number of likely N-dealkylation sites (tertiary alicyclic amines) is 2. The van der Waals surface area contributed by atoms with Gasteiger partial charge in [0.1, 0.15) is 6.10 Å².